The molecule has 6 nitrogen and oxygen atoms in total. The van der Waals surface area contributed by atoms with Crippen molar-refractivity contribution in [2.45, 2.75) is 51.9 Å². The molecule has 1 N–H and O–H groups in total. The summed E-state index contributed by atoms with van der Waals surface area (Å²) in [5.74, 6) is 0.273. The molecule has 0 bridgehead atoms. The zero-order valence-electron chi connectivity index (χ0n) is 18.4. The van der Waals surface area contributed by atoms with Gasteiger partial charge in [-0.1, -0.05) is 51.5 Å². The summed E-state index contributed by atoms with van der Waals surface area (Å²) in [6.45, 7) is 2.88. The molecule has 2 aromatic carbocycles. The smallest absolute Gasteiger partial charge is 0.255 e. The van der Waals surface area contributed by atoms with Crippen molar-refractivity contribution in [3.8, 4) is 11.8 Å². The number of carbonyl (C=O) groups excluding carboxylic acids is 1. The van der Waals surface area contributed by atoms with E-state index in [2.05, 4.69) is 12.2 Å². The molecule has 1 heterocycles. The van der Waals surface area contributed by atoms with Crippen molar-refractivity contribution in [3.63, 3.8) is 0 Å². The first-order chi connectivity index (χ1) is 15.6. The van der Waals surface area contributed by atoms with Crippen molar-refractivity contribution in [1.82, 2.24) is 0 Å². The van der Waals surface area contributed by atoms with Gasteiger partial charge in [-0.05, 0) is 42.8 Å². The molecule has 0 aliphatic rings. The molecule has 3 aromatic rings. The lowest BCUT2D eigenvalue weighted by atomic mass is 10.1. The molecule has 0 spiro atoms. The van der Waals surface area contributed by atoms with E-state index in [0.717, 1.165) is 18.2 Å². The third kappa shape index (κ3) is 6.21. The second-order valence-corrected chi connectivity index (χ2v) is 7.72. The van der Waals surface area contributed by atoms with Crippen molar-refractivity contribution in [2.24, 2.45) is 0 Å². The number of fused-ring (bicyclic) bond motifs is 1. The van der Waals surface area contributed by atoms with Crippen LogP contribution in [0.1, 0.15) is 68.0 Å². The summed E-state index contributed by atoms with van der Waals surface area (Å²) in [6, 6.07) is 14.8. The third-order valence-corrected chi connectivity index (χ3v) is 5.25. The van der Waals surface area contributed by atoms with Gasteiger partial charge in [0.15, 0.2) is 11.0 Å². The summed E-state index contributed by atoms with van der Waals surface area (Å²) in [5, 5.41) is 12.1. The van der Waals surface area contributed by atoms with Crippen molar-refractivity contribution >= 4 is 22.6 Å². The van der Waals surface area contributed by atoms with Gasteiger partial charge in [0.05, 0.1) is 17.7 Å². The van der Waals surface area contributed by atoms with Crippen LogP contribution < -0.4 is 15.5 Å². The normalized spacial score (nSPS) is 10.6. The van der Waals surface area contributed by atoms with E-state index in [0.29, 0.717) is 23.2 Å². The lowest BCUT2D eigenvalue weighted by Crippen LogP contribution is -2.13. The molecule has 0 saturated carbocycles. The van der Waals surface area contributed by atoms with Gasteiger partial charge in [-0.25, -0.2) is 0 Å². The third-order valence-electron chi connectivity index (χ3n) is 5.25. The quantitative estimate of drug-likeness (QED) is 0.373. The van der Waals surface area contributed by atoms with Crippen LogP contribution in [-0.2, 0) is 0 Å². The van der Waals surface area contributed by atoms with Gasteiger partial charge < -0.3 is 14.5 Å². The number of nitrogens with zero attached hydrogens (tertiary/aromatic N) is 1. The Hall–Kier alpha value is -3.59. The van der Waals surface area contributed by atoms with Crippen LogP contribution in [0.4, 0.5) is 5.69 Å². The van der Waals surface area contributed by atoms with E-state index in [1.54, 1.807) is 42.5 Å². The van der Waals surface area contributed by atoms with Gasteiger partial charge in [-0.2, -0.15) is 5.26 Å². The highest BCUT2D eigenvalue weighted by Crippen LogP contribution is 2.23. The molecule has 166 valence electrons. The number of rotatable bonds is 11. The SMILES string of the molecule is CCCCCCCCCOc1ccc(C(=O)Nc2cccc3c(=O)cc(C#N)oc23)cc1. The first kappa shape index (κ1) is 23.1. The number of hydrogen-bond donors (Lipinski definition) is 1. The Morgan fingerprint density at radius 3 is 2.47 bits per heavy atom. The van der Waals surface area contributed by atoms with E-state index >= 15 is 0 Å². The van der Waals surface area contributed by atoms with Crippen molar-refractivity contribution in [2.75, 3.05) is 11.9 Å². The topological polar surface area (TPSA) is 92.3 Å². The fourth-order valence-electron chi connectivity index (χ4n) is 3.48. The van der Waals surface area contributed by atoms with Crippen molar-refractivity contribution in [1.29, 1.82) is 5.26 Å². The molecule has 0 saturated heterocycles. The van der Waals surface area contributed by atoms with Gasteiger partial charge in [-0.3, -0.25) is 9.59 Å². The fourth-order valence-corrected chi connectivity index (χ4v) is 3.48. The number of ether oxygens (including phenoxy) is 1. The van der Waals surface area contributed by atoms with E-state index in [1.807, 2.05) is 6.07 Å². The number of nitriles is 1. The summed E-state index contributed by atoms with van der Waals surface area (Å²) >= 11 is 0. The number of unbranched alkanes of at least 4 members (excludes halogenated alkanes) is 6. The Balaban J connectivity index is 1.56. The zero-order valence-corrected chi connectivity index (χ0v) is 18.4. The molecule has 0 aliphatic heterocycles. The standard InChI is InChI=1S/C26H28N2O4/c1-2-3-4-5-6-7-8-16-31-20-14-12-19(13-15-20)26(30)28-23-11-9-10-22-24(29)17-21(18-27)32-25(22)23/h9-15,17H,2-8,16H2,1H3,(H,28,30). The van der Waals surface area contributed by atoms with Gasteiger partial charge in [-0.15, -0.1) is 0 Å². The molecule has 6 heteroatoms. The predicted molar refractivity (Wildman–Crippen MR) is 125 cm³/mol. The van der Waals surface area contributed by atoms with Crippen LogP contribution in [0.5, 0.6) is 5.75 Å². The van der Waals surface area contributed by atoms with Gasteiger partial charge in [0.1, 0.15) is 11.8 Å². The average Bonchev–Trinajstić information content (AvgIpc) is 2.81. The minimum absolute atomic E-state index is 0.105. The molecular weight excluding hydrogens is 404 g/mol. The minimum atomic E-state index is -0.346. The van der Waals surface area contributed by atoms with Gasteiger partial charge in [0, 0.05) is 11.6 Å². The largest absolute Gasteiger partial charge is 0.494 e. The molecule has 0 radical (unpaired) electrons. The predicted octanol–water partition coefficient (Wildman–Crippen LogP) is 6.05. The maximum absolute atomic E-state index is 12.7. The number of amides is 1. The van der Waals surface area contributed by atoms with Gasteiger partial charge >= 0.3 is 0 Å². The summed E-state index contributed by atoms with van der Waals surface area (Å²) < 4.78 is 11.2. The molecule has 1 amide bonds. The van der Waals surface area contributed by atoms with Crippen LogP contribution in [0.15, 0.2) is 57.7 Å². The number of nitrogens with one attached hydrogen (secondary N) is 1. The molecule has 1 aromatic heterocycles. The Morgan fingerprint density at radius 2 is 1.75 bits per heavy atom. The lowest BCUT2D eigenvalue weighted by Gasteiger charge is -2.09. The molecule has 0 unspecified atom stereocenters. The van der Waals surface area contributed by atoms with Gasteiger partial charge in [0.25, 0.3) is 5.91 Å². The molecule has 3 rings (SSSR count). The Morgan fingerprint density at radius 1 is 1.03 bits per heavy atom. The fraction of sp³-hybridized carbons (Fsp3) is 0.346. The number of para-hydroxylation sites is 1. The van der Waals surface area contributed by atoms with E-state index in [9.17, 15) is 9.59 Å². The Labute approximate surface area is 187 Å². The molecule has 32 heavy (non-hydrogen) atoms. The summed E-state index contributed by atoms with van der Waals surface area (Å²) in [5.41, 5.74) is 0.630. The summed E-state index contributed by atoms with van der Waals surface area (Å²) in [4.78, 5) is 24.8. The van der Waals surface area contributed by atoms with Gasteiger partial charge in [0.2, 0.25) is 5.76 Å². The second-order valence-electron chi connectivity index (χ2n) is 7.72. The van der Waals surface area contributed by atoms with Crippen LogP contribution in [0.2, 0.25) is 0 Å². The first-order valence-corrected chi connectivity index (χ1v) is 11.1. The Kier molecular flexibility index (Phi) is 8.44. The first-order valence-electron chi connectivity index (χ1n) is 11.1. The number of anilines is 1. The Bertz CT molecular complexity index is 1140. The highest BCUT2D eigenvalue weighted by Gasteiger charge is 2.13. The highest BCUT2D eigenvalue weighted by atomic mass is 16.5. The second kappa shape index (κ2) is 11.7. The molecule has 0 fully saturated rings. The van der Waals surface area contributed by atoms with E-state index in [-0.39, 0.29) is 22.7 Å². The number of carbonyl (C=O) groups is 1. The number of benzene rings is 2. The van der Waals surface area contributed by atoms with Crippen LogP contribution in [0.3, 0.4) is 0 Å². The monoisotopic (exact) mass is 432 g/mol. The zero-order chi connectivity index (χ0) is 22.8. The molecular formula is C26H28N2O4. The number of hydrogen-bond acceptors (Lipinski definition) is 5. The van der Waals surface area contributed by atoms with E-state index < -0.39 is 0 Å². The van der Waals surface area contributed by atoms with Crippen LogP contribution in [0.25, 0.3) is 11.0 Å². The van der Waals surface area contributed by atoms with Crippen LogP contribution >= 0.6 is 0 Å². The maximum Gasteiger partial charge on any atom is 0.255 e. The van der Waals surface area contributed by atoms with Crippen LogP contribution in [-0.4, -0.2) is 12.5 Å². The average molecular weight is 433 g/mol. The highest BCUT2D eigenvalue weighted by molar-refractivity contribution is 6.07. The summed E-state index contributed by atoms with van der Waals surface area (Å²) in [6.07, 6.45) is 8.60. The molecule has 0 atom stereocenters. The minimum Gasteiger partial charge on any atom is -0.494 e. The van der Waals surface area contributed by atoms with E-state index in [1.165, 1.54) is 38.5 Å². The van der Waals surface area contributed by atoms with Crippen molar-refractivity contribution in [3.05, 3.63) is 70.1 Å². The lowest BCUT2D eigenvalue weighted by molar-refractivity contribution is 0.102. The molecule has 0 aliphatic carbocycles. The van der Waals surface area contributed by atoms with E-state index in [4.69, 9.17) is 14.4 Å². The summed E-state index contributed by atoms with van der Waals surface area (Å²) in [7, 11) is 0. The maximum atomic E-state index is 12.7. The van der Waals surface area contributed by atoms with Crippen LogP contribution in [0, 0.1) is 11.3 Å². The van der Waals surface area contributed by atoms with Crippen molar-refractivity contribution < 1.29 is 13.9 Å².